The predicted octanol–water partition coefficient (Wildman–Crippen LogP) is 4.06. The van der Waals surface area contributed by atoms with Crippen molar-refractivity contribution < 1.29 is 4.79 Å². The maximum absolute atomic E-state index is 10.6. The van der Waals surface area contributed by atoms with Gasteiger partial charge in [-0.05, 0) is 12.2 Å². The summed E-state index contributed by atoms with van der Waals surface area (Å²) in [6.45, 7) is 4.35. The first kappa shape index (κ1) is 14.0. The maximum Gasteiger partial charge on any atom is 0.132 e. The van der Waals surface area contributed by atoms with Crippen molar-refractivity contribution in [3.8, 4) is 0 Å². The first-order chi connectivity index (χ1) is 6.85. The monoisotopic (exact) mass is 216 g/mol. The summed E-state index contributed by atoms with van der Waals surface area (Å²) in [5.41, 5.74) is 0. The van der Waals surface area contributed by atoms with Crippen LogP contribution in [0, 0.1) is 0 Å². The van der Waals surface area contributed by atoms with Crippen molar-refractivity contribution in [3.63, 3.8) is 0 Å². The fourth-order valence-corrected chi connectivity index (χ4v) is 2.37. The molecule has 0 aromatic carbocycles. The van der Waals surface area contributed by atoms with Crippen LogP contribution in [0.1, 0.15) is 58.8 Å². The Labute approximate surface area is 93.0 Å². The van der Waals surface area contributed by atoms with E-state index in [9.17, 15) is 4.79 Å². The minimum absolute atomic E-state index is 0.256. The van der Waals surface area contributed by atoms with Crippen molar-refractivity contribution in [2.45, 2.75) is 64.0 Å². The highest BCUT2D eigenvalue weighted by atomic mass is 32.2. The highest BCUT2D eigenvalue weighted by molar-refractivity contribution is 8.00. The standard InChI is InChI=1S/C12H24OS/c1-3-5-6-7-8-9-10-12(11-13)14-4-2/h11-12H,3-10H2,1-2H3. The van der Waals surface area contributed by atoms with Gasteiger partial charge in [-0.3, -0.25) is 0 Å². The van der Waals surface area contributed by atoms with Gasteiger partial charge in [0.25, 0.3) is 0 Å². The molecule has 2 heteroatoms. The van der Waals surface area contributed by atoms with E-state index in [0.717, 1.165) is 18.5 Å². The molecule has 1 unspecified atom stereocenters. The summed E-state index contributed by atoms with van der Waals surface area (Å²) in [6.07, 6.45) is 10.1. The summed E-state index contributed by atoms with van der Waals surface area (Å²) < 4.78 is 0. The van der Waals surface area contributed by atoms with E-state index in [2.05, 4.69) is 13.8 Å². The van der Waals surface area contributed by atoms with Gasteiger partial charge in [-0.15, -0.1) is 0 Å². The zero-order valence-corrected chi connectivity index (χ0v) is 10.4. The maximum atomic E-state index is 10.6. The molecule has 0 saturated carbocycles. The smallest absolute Gasteiger partial charge is 0.132 e. The third-order valence-electron chi connectivity index (χ3n) is 2.37. The molecule has 0 aromatic rings. The molecule has 0 aliphatic carbocycles. The Balaban J connectivity index is 3.20. The van der Waals surface area contributed by atoms with Gasteiger partial charge in [0, 0.05) is 0 Å². The average molecular weight is 216 g/mol. The Morgan fingerprint density at radius 2 is 1.71 bits per heavy atom. The lowest BCUT2D eigenvalue weighted by molar-refractivity contribution is -0.107. The molecule has 0 saturated heterocycles. The second-order valence-electron chi connectivity index (χ2n) is 3.69. The van der Waals surface area contributed by atoms with E-state index >= 15 is 0 Å². The number of rotatable bonds is 10. The van der Waals surface area contributed by atoms with E-state index in [1.165, 1.54) is 38.5 Å². The molecule has 0 aromatic heterocycles. The SMILES string of the molecule is CCCCCCCCC(C=O)SCC. The number of hydrogen-bond acceptors (Lipinski definition) is 2. The number of carbonyl (C=O) groups is 1. The molecule has 0 aliphatic rings. The first-order valence-electron chi connectivity index (χ1n) is 5.92. The quantitative estimate of drug-likeness (QED) is 0.405. The van der Waals surface area contributed by atoms with Gasteiger partial charge >= 0.3 is 0 Å². The van der Waals surface area contributed by atoms with Gasteiger partial charge in [-0.2, -0.15) is 11.8 Å². The third-order valence-corrected chi connectivity index (χ3v) is 3.48. The van der Waals surface area contributed by atoms with Crippen LogP contribution in [-0.4, -0.2) is 17.3 Å². The molecule has 0 spiro atoms. The molecule has 0 bridgehead atoms. The minimum atomic E-state index is 0.256. The lowest BCUT2D eigenvalue weighted by Gasteiger charge is -2.07. The number of thioether (sulfide) groups is 1. The number of unbranched alkanes of at least 4 members (excludes halogenated alkanes) is 5. The molecule has 1 atom stereocenters. The third kappa shape index (κ3) is 8.61. The van der Waals surface area contributed by atoms with E-state index in [-0.39, 0.29) is 5.25 Å². The Morgan fingerprint density at radius 1 is 1.07 bits per heavy atom. The van der Waals surface area contributed by atoms with Gasteiger partial charge in [0.05, 0.1) is 5.25 Å². The molecular formula is C12H24OS. The van der Waals surface area contributed by atoms with E-state index < -0.39 is 0 Å². The molecule has 0 fully saturated rings. The Kier molecular flexibility index (Phi) is 11.1. The predicted molar refractivity (Wildman–Crippen MR) is 66.0 cm³/mol. The lowest BCUT2D eigenvalue weighted by Crippen LogP contribution is -2.04. The van der Waals surface area contributed by atoms with Crippen LogP contribution in [-0.2, 0) is 4.79 Å². The van der Waals surface area contributed by atoms with E-state index in [1.54, 1.807) is 11.8 Å². The topological polar surface area (TPSA) is 17.1 Å². The van der Waals surface area contributed by atoms with Gasteiger partial charge in [-0.25, -0.2) is 0 Å². The van der Waals surface area contributed by atoms with Crippen LogP contribution in [0.4, 0.5) is 0 Å². The summed E-state index contributed by atoms with van der Waals surface area (Å²) in [6, 6.07) is 0. The highest BCUT2D eigenvalue weighted by Gasteiger charge is 2.05. The Morgan fingerprint density at radius 3 is 2.29 bits per heavy atom. The van der Waals surface area contributed by atoms with E-state index in [1.807, 2.05) is 0 Å². The van der Waals surface area contributed by atoms with Crippen molar-refractivity contribution in [1.29, 1.82) is 0 Å². The normalized spacial score (nSPS) is 12.7. The van der Waals surface area contributed by atoms with Crippen LogP contribution in [0.5, 0.6) is 0 Å². The molecule has 14 heavy (non-hydrogen) atoms. The summed E-state index contributed by atoms with van der Waals surface area (Å²) in [7, 11) is 0. The second-order valence-corrected chi connectivity index (χ2v) is 5.20. The fraction of sp³-hybridized carbons (Fsp3) is 0.917. The van der Waals surface area contributed by atoms with Gasteiger partial charge < -0.3 is 4.79 Å². The van der Waals surface area contributed by atoms with Crippen LogP contribution < -0.4 is 0 Å². The summed E-state index contributed by atoms with van der Waals surface area (Å²) >= 11 is 1.78. The van der Waals surface area contributed by atoms with Crippen molar-refractivity contribution in [2.24, 2.45) is 0 Å². The number of hydrogen-bond donors (Lipinski definition) is 0. The summed E-state index contributed by atoms with van der Waals surface area (Å²) in [4.78, 5) is 10.6. The molecule has 0 amide bonds. The Hall–Kier alpha value is 0.0200. The molecule has 0 radical (unpaired) electrons. The van der Waals surface area contributed by atoms with Crippen LogP contribution >= 0.6 is 11.8 Å². The van der Waals surface area contributed by atoms with Gasteiger partial charge in [0.1, 0.15) is 6.29 Å². The zero-order chi connectivity index (χ0) is 10.6. The second kappa shape index (κ2) is 11.1. The van der Waals surface area contributed by atoms with Gasteiger partial charge in [0.2, 0.25) is 0 Å². The molecule has 0 N–H and O–H groups in total. The number of aldehydes is 1. The highest BCUT2D eigenvalue weighted by Crippen LogP contribution is 2.16. The van der Waals surface area contributed by atoms with Crippen molar-refractivity contribution in [3.05, 3.63) is 0 Å². The Bertz CT molecular complexity index is 125. The zero-order valence-electron chi connectivity index (χ0n) is 9.63. The molecule has 1 nitrogen and oxygen atoms in total. The first-order valence-corrected chi connectivity index (χ1v) is 6.96. The fourth-order valence-electron chi connectivity index (χ4n) is 1.53. The molecular weight excluding hydrogens is 192 g/mol. The lowest BCUT2D eigenvalue weighted by atomic mass is 10.1. The van der Waals surface area contributed by atoms with Crippen LogP contribution in [0.15, 0.2) is 0 Å². The van der Waals surface area contributed by atoms with Crippen LogP contribution in [0.3, 0.4) is 0 Å². The van der Waals surface area contributed by atoms with Gasteiger partial charge in [-0.1, -0.05) is 52.4 Å². The largest absolute Gasteiger partial charge is 0.302 e. The van der Waals surface area contributed by atoms with E-state index in [4.69, 9.17) is 0 Å². The van der Waals surface area contributed by atoms with Crippen molar-refractivity contribution in [1.82, 2.24) is 0 Å². The molecule has 0 aliphatic heterocycles. The van der Waals surface area contributed by atoms with Crippen molar-refractivity contribution >= 4 is 18.0 Å². The van der Waals surface area contributed by atoms with Gasteiger partial charge in [0.15, 0.2) is 0 Å². The summed E-state index contributed by atoms with van der Waals surface area (Å²) in [5.74, 6) is 1.05. The summed E-state index contributed by atoms with van der Waals surface area (Å²) in [5, 5.41) is 0.256. The van der Waals surface area contributed by atoms with Crippen LogP contribution in [0.25, 0.3) is 0 Å². The minimum Gasteiger partial charge on any atom is -0.302 e. The molecule has 84 valence electrons. The average Bonchev–Trinajstić information content (AvgIpc) is 2.21. The molecule has 0 rings (SSSR count). The van der Waals surface area contributed by atoms with Crippen molar-refractivity contribution in [2.75, 3.05) is 5.75 Å². The van der Waals surface area contributed by atoms with E-state index in [0.29, 0.717) is 0 Å². The molecule has 0 heterocycles. The van der Waals surface area contributed by atoms with Crippen LogP contribution in [0.2, 0.25) is 0 Å². The number of carbonyl (C=O) groups excluding carboxylic acids is 1.